The van der Waals surface area contributed by atoms with Gasteiger partial charge < -0.3 is 4.85 Å². The third-order valence-corrected chi connectivity index (χ3v) is 1.93. The van der Waals surface area contributed by atoms with Crippen LogP contribution >= 0.6 is 11.6 Å². The Morgan fingerprint density at radius 2 is 2.00 bits per heavy atom. The summed E-state index contributed by atoms with van der Waals surface area (Å²) in [7, 11) is 0. The van der Waals surface area contributed by atoms with Crippen molar-refractivity contribution in [2.75, 3.05) is 0 Å². The largest absolute Gasteiger partial charge is 0.417 e. The second-order valence-corrected chi connectivity index (χ2v) is 3.04. The number of nitrogens with zero attached hydrogens (tertiary/aromatic N) is 1. The Bertz CT molecular complexity index is 379. The summed E-state index contributed by atoms with van der Waals surface area (Å²) in [4.78, 5) is 3.00. The van der Waals surface area contributed by atoms with E-state index < -0.39 is 11.7 Å². The smallest absolute Gasteiger partial charge is 0.312 e. The zero-order valence-electron chi connectivity index (χ0n) is 6.90. The van der Waals surface area contributed by atoms with Gasteiger partial charge in [-0.1, -0.05) is 17.7 Å². The molecule has 0 bridgehead atoms. The molecular formula is C9H5ClF3N. The highest BCUT2D eigenvalue weighted by Gasteiger charge is 2.33. The average Bonchev–Trinajstić information content (AvgIpc) is 2.07. The molecule has 0 N–H and O–H groups in total. The van der Waals surface area contributed by atoms with Gasteiger partial charge in [0.25, 0.3) is 0 Å². The Balaban J connectivity index is 3.17. The van der Waals surface area contributed by atoms with Gasteiger partial charge in [-0.15, -0.1) is 0 Å². The molecule has 74 valence electrons. The molecule has 0 atom stereocenters. The van der Waals surface area contributed by atoms with E-state index in [1.165, 1.54) is 6.07 Å². The molecule has 1 nitrogen and oxygen atoms in total. The normalized spacial score (nSPS) is 11.1. The van der Waals surface area contributed by atoms with E-state index in [9.17, 15) is 13.2 Å². The standard InChI is InChI=1S/C9H5ClF3N/c1-14-5-6-2-3-8(10)7(4-6)9(11,12)13/h2-4H,5H2. The van der Waals surface area contributed by atoms with Crippen LogP contribution in [-0.4, -0.2) is 0 Å². The third kappa shape index (κ3) is 2.39. The highest BCUT2D eigenvalue weighted by atomic mass is 35.5. The van der Waals surface area contributed by atoms with E-state index in [4.69, 9.17) is 18.2 Å². The predicted octanol–water partition coefficient (Wildman–Crippen LogP) is 3.78. The van der Waals surface area contributed by atoms with E-state index in [0.29, 0.717) is 5.56 Å². The molecule has 0 saturated carbocycles. The van der Waals surface area contributed by atoms with Crippen molar-refractivity contribution in [1.82, 2.24) is 0 Å². The van der Waals surface area contributed by atoms with Crippen LogP contribution in [0.25, 0.3) is 4.85 Å². The molecule has 0 unspecified atom stereocenters. The first-order valence-corrected chi connectivity index (χ1v) is 4.02. The Kier molecular flexibility index (Phi) is 3.02. The summed E-state index contributed by atoms with van der Waals surface area (Å²) in [6.45, 7) is 6.46. The molecule has 0 spiro atoms. The second kappa shape index (κ2) is 3.89. The van der Waals surface area contributed by atoms with Crippen LogP contribution in [0.15, 0.2) is 18.2 Å². The molecule has 0 amide bonds. The van der Waals surface area contributed by atoms with Gasteiger partial charge in [0.1, 0.15) is 0 Å². The Labute approximate surface area is 83.9 Å². The highest BCUT2D eigenvalue weighted by molar-refractivity contribution is 6.31. The Morgan fingerprint density at radius 1 is 1.36 bits per heavy atom. The number of alkyl halides is 3. The van der Waals surface area contributed by atoms with Crippen LogP contribution < -0.4 is 0 Å². The minimum absolute atomic E-state index is 0.0692. The van der Waals surface area contributed by atoms with Gasteiger partial charge in [-0.25, -0.2) is 6.57 Å². The van der Waals surface area contributed by atoms with Crippen molar-refractivity contribution in [3.05, 3.63) is 45.8 Å². The van der Waals surface area contributed by atoms with E-state index in [2.05, 4.69) is 4.85 Å². The SMILES string of the molecule is [C-]#[N+]Cc1ccc(Cl)c(C(F)(F)F)c1. The lowest BCUT2D eigenvalue weighted by atomic mass is 10.1. The van der Waals surface area contributed by atoms with Gasteiger partial charge in [-0.2, -0.15) is 13.2 Å². The molecular weight excluding hydrogens is 215 g/mol. The molecule has 1 aromatic rings. The third-order valence-electron chi connectivity index (χ3n) is 1.60. The maximum absolute atomic E-state index is 12.3. The highest BCUT2D eigenvalue weighted by Crippen LogP contribution is 2.35. The Morgan fingerprint density at radius 3 is 2.50 bits per heavy atom. The van der Waals surface area contributed by atoms with Crippen molar-refractivity contribution in [3.63, 3.8) is 0 Å². The van der Waals surface area contributed by atoms with E-state index >= 15 is 0 Å². The van der Waals surface area contributed by atoms with E-state index in [1.54, 1.807) is 0 Å². The van der Waals surface area contributed by atoms with Crippen LogP contribution in [-0.2, 0) is 12.7 Å². The lowest BCUT2D eigenvalue weighted by Crippen LogP contribution is -2.06. The van der Waals surface area contributed by atoms with Crippen LogP contribution in [0.4, 0.5) is 13.2 Å². The summed E-state index contributed by atoms with van der Waals surface area (Å²) < 4.78 is 36.9. The van der Waals surface area contributed by atoms with E-state index in [0.717, 1.165) is 12.1 Å². The second-order valence-electron chi connectivity index (χ2n) is 2.63. The summed E-state index contributed by atoms with van der Waals surface area (Å²) >= 11 is 5.38. The molecule has 14 heavy (non-hydrogen) atoms. The monoisotopic (exact) mass is 219 g/mol. The molecule has 0 aromatic heterocycles. The fourth-order valence-corrected chi connectivity index (χ4v) is 1.20. The van der Waals surface area contributed by atoms with Crippen molar-refractivity contribution in [2.24, 2.45) is 0 Å². The molecule has 0 aliphatic heterocycles. The van der Waals surface area contributed by atoms with Crippen molar-refractivity contribution < 1.29 is 13.2 Å². The topological polar surface area (TPSA) is 4.36 Å². The van der Waals surface area contributed by atoms with Gasteiger partial charge in [0.2, 0.25) is 6.54 Å². The molecule has 0 aliphatic carbocycles. The zero-order valence-corrected chi connectivity index (χ0v) is 7.65. The van der Waals surface area contributed by atoms with Gasteiger partial charge in [0.15, 0.2) is 0 Å². The number of benzene rings is 1. The first-order chi connectivity index (χ1) is 6.45. The number of halogens is 4. The summed E-state index contributed by atoms with van der Waals surface area (Å²) in [6.07, 6.45) is -4.46. The zero-order chi connectivity index (χ0) is 10.8. The summed E-state index contributed by atoms with van der Waals surface area (Å²) in [5, 5.41) is -0.341. The van der Waals surface area contributed by atoms with Gasteiger partial charge in [0, 0.05) is 5.56 Å². The molecule has 0 fully saturated rings. The summed E-state index contributed by atoms with van der Waals surface area (Å²) in [6, 6.07) is 3.47. The lowest BCUT2D eigenvalue weighted by Gasteiger charge is -2.08. The average molecular weight is 220 g/mol. The van der Waals surface area contributed by atoms with E-state index in [1.807, 2.05) is 0 Å². The van der Waals surface area contributed by atoms with Crippen molar-refractivity contribution in [3.8, 4) is 0 Å². The molecule has 0 heterocycles. The van der Waals surface area contributed by atoms with E-state index in [-0.39, 0.29) is 11.6 Å². The molecule has 1 aromatic carbocycles. The van der Waals surface area contributed by atoms with Crippen molar-refractivity contribution in [2.45, 2.75) is 12.7 Å². The van der Waals surface area contributed by atoms with Gasteiger partial charge in [0.05, 0.1) is 10.6 Å². The summed E-state index contributed by atoms with van der Waals surface area (Å²) in [5.41, 5.74) is -0.572. The van der Waals surface area contributed by atoms with Crippen molar-refractivity contribution in [1.29, 1.82) is 0 Å². The van der Waals surface area contributed by atoms with Crippen LogP contribution in [0.3, 0.4) is 0 Å². The van der Waals surface area contributed by atoms with Crippen LogP contribution in [0.1, 0.15) is 11.1 Å². The van der Waals surface area contributed by atoms with Gasteiger partial charge in [-0.3, -0.25) is 0 Å². The van der Waals surface area contributed by atoms with Crippen LogP contribution in [0.2, 0.25) is 5.02 Å². The molecule has 0 radical (unpaired) electrons. The molecule has 0 saturated heterocycles. The number of hydrogen-bond donors (Lipinski definition) is 0. The Hall–Kier alpha value is -1.21. The maximum Gasteiger partial charge on any atom is 0.417 e. The first-order valence-electron chi connectivity index (χ1n) is 3.64. The maximum atomic E-state index is 12.3. The first kappa shape index (κ1) is 10.9. The quantitative estimate of drug-likeness (QED) is 0.633. The minimum atomic E-state index is -4.46. The lowest BCUT2D eigenvalue weighted by molar-refractivity contribution is -0.137. The molecule has 1 rings (SSSR count). The van der Waals surface area contributed by atoms with Gasteiger partial charge >= 0.3 is 6.18 Å². The number of hydrogen-bond acceptors (Lipinski definition) is 0. The fourth-order valence-electron chi connectivity index (χ4n) is 0.979. The molecule has 0 aliphatic rings. The fraction of sp³-hybridized carbons (Fsp3) is 0.222. The van der Waals surface area contributed by atoms with Gasteiger partial charge in [-0.05, 0) is 12.1 Å². The van der Waals surface area contributed by atoms with Crippen LogP contribution in [0, 0.1) is 6.57 Å². The van der Waals surface area contributed by atoms with Crippen molar-refractivity contribution >= 4 is 11.6 Å². The minimum Gasteiger partial charge on any atom is -0.312 e. The number of rotatable bonds is 1. The predicted molar refractivity (Wildman–Crippen MR) is 46.8 cm³/mol. The summed E-state index contributed by atoms with van der Waals surface area (Å²) in [5.74, 6) is 0. The van der Waals surface area contributed by atoms with Crippen LogP contribution in [0.5, 0.6) is 0 Å². The molecule has 5 heteroatoms.